The van der Waals surface area contributed by atoms with Crippen molar-refractivity contribution in [2.24, 2.45) is 0 Å². The summed E-state index contributed by atoms with van der Waals surface area (Å²) in [6.45, 7) is 1.28. The van der Waals surface area contributed by atoms with Crippen molar-refractivity contribution in [3.63, 3.8) is 0 Å². The minimum atomic E-state index is -0.900. The molecule has 1 aliphatic heterocycles. The topological polar surface area (TPSA) is 76.1 Å². The largest absolute Gasteiger partial charge is 0.490 e. The third-order valence-electron chi connectivity index (χ3n) is 5.02. The first-order chi connectivity index (χ1) is 12.6. The SMILES string of the molecule is O=C(O)C[C@@H]1CN(C(=O)CCc2cccc(OC3CCCC3)c2)CCO1. The van der Waals surface area contributed by atoms with Crippen molar-refractivity contribution in [2.75, 3.05) is 19.7 Å². The van der Waals surface area contributed by atoms with Gasteiger partial charge in [0.25, 0.3) is 0 Å². The van der Waals surface area contributed by atoms with Gasteiger partial charge in [0.15, 0.2) is 0 Å². The molecule has 6 heteroatoms. The molecule has 1 heterocycles. The Balaban J connectivity index is 1.48. The minimum Gasteiger partial charge on any atom is -0.490 e. The van der Waals surface area contributed by atoms with Crippen LogP contribution < -0.4 is 4.74 Å². The number of morpholine rings is 1. The number of nitrogens with zero attached hydrogens (tertiary/aromatic N) is 1. The van der Waals surface area contributed by atoms with Crippen molar-refractivity contribution in [2.45, 2.75) is 57.2 Å². The number of amides is 1. The Bertz CT molecular complexity index is 626. The number of aliphatic carboxylic acids is 1. The van der Waals surface area contributed by atoms with Crippen LogP contribution in [-0.4, -0.2) is 53.8 Å². The lowest BCUT2D eigenvalue weighted by atomic mass is 10.1. The van der Waals surface area contributed by atoms with E-state index in [9.17, 15) is 9.59 Å². The van der Waals surface area contributed by atoms with Crippen LogP contribution in [0.5, 0.6) is 5.75 Å². The van der Waals surface area contributed by atoms with Crippen LogP contribution in [0.4, 0.5) is 0 Å². The number of hydrogen-bond donors (Lipinski definition) is 1. The number of ether oxygens (including phenoxy) is 2. The number of carbonyl (C=O) groups excluding carboxylic acids is 1. The highest BCUT2D eigenvalue weighted by molar-refractivity contribution is 5.76. The van der Waals surface area contributed by atoms with E-state index in [0.29, 0.717) is 38.6 Å². The van der Waals surface area contributed by atoms with Crippen LogP contribution in [0.25, 0.3) is 0 Å². The predicted octanol–water partition coefficient (Wildman–Crippen LogP) is 2.64. The summed E-state index contributed by atoms with van der Waals surface area (Å²) in [4.78, 5) is 25.0. The monoisotopic (exact) mass is 361 g/mol. The van der Waals surface area contributed by atoms with Crippen LogP contribution in [0.2, 0.25) is 0 Å². The van der Waals surface area contributed by atoms with Crippen molar-refractivity contribution in [1.82, 2.24) is 4.90 Å². The number of rotatable bonds is 7. The molecule has 1 atom stereocenters. The number of hydrogen-bond acceptors (Lipinski definition) is 4. The summed E-state index contributed by atoms with van der Waals surface area (Å²) < 4.78 is 11.4. The van der Waals surface area contributed by atoms with E-state index in [0.717, 1.165) is 24.2 Å². The molecule has 2 fully saturated rings. The highest BCUT2D eigenvalue weighted by Gasteiger charge is 2.25. The third-order valence-corrected chi connectivity index (χ3v) is 5.02. The van der Waals surface area contributed by atoms with Gasteiger partial charge in [0, 0.05) is 19.5 Å². The first-order valence-electron chi connectivity index (χ1n) is 9.47. The van der Waals surface area contributed by atoms with Gasteiger partial charge in [-0.1, -0.05) is 12.1 Å². The summed E-state index contributed by atoms with van der Waals surface area (Å²) in [6, 6.07) is 7.99. The molecule has 2 aliphatic rings. The molecular weight excluding hydrogens is 334 g/mol. The Hall–Kier alpha value is -2.08. The highest BCUT2D eigenvalue weighted by Crippen LogP contribution is 2.25. The zero-order valence-electron chi connectivity index (χ0n) is 15.1. The molecule has 0 unspecified atom stereocenters. The summed E-state index contributed by atoms with van der Waals surface area (Å²) in [5.74, 6) is 0.0314. The van der Waals surface area contributed by atoms with Crippen LogP contribution in [0.15, 0.2) is 24.3 Å². The normalized spacial score (nSPS) is 20.9. The van der Waals surface area contributed by atoms with Crippen LogP contribution >= 0.6 is 0 Å². The number of carbonyl (C=O) groups is 2. The van der Waals surface area contributed by atoms with Crippen molar-refractivity contribution in [3.05, 3.63) is 29.8 Å². The third kappa shape index (κ3) is 5.46. The van der Waals surface area contributed by atoms with Crippen molar-refractivity contribution in [1.29, 1.82) is 0 Å². The molecule has 1 amide bonds. The quantitative estimate of drug-likeness (QED) is 0.808. The molecule has 0 bridgehead atoms. The lowest BCUT2D eigenvalue weighted by Crippen LogP contribution is -2.46. The molecule has 142 valence electrons. The Morgan fingerprint density at radius 2 is 2.08 bits per heavy atom. The molecule has 0 spiro atoms. The molecule has 3 rings (SSSR count). The smallest absolute Gasteiger partial charge is 0.306 e. The second kappa shape index (κ2) is 9.03. The van der Waals surface area contributed by atoms with Crippen molar-refractivity contribution in [3.8, 4) is 5.75 Å². The Kier molecular flexibility index (Phi) is 6.50. The maximum atomic E-state index is 12.5. The van der Waals surface area contributed by atoms with Crippen LogP contribution in [0.3, 0.4) is 0 Å². The van der Waals surface area contributed by atoms with Gasteiger partial charge >= 0.3 is 5.97 Å². The minimum absolute atomic E-state index is 0.0470. The van der Waals surface area contributed by atoms with Gasteiger partial charge < -0.3 is 19.5 Å². The zero-order valence-corrected chi connectivity index (χ0v) is 15.1. The van der Waals surface area contributed by atoms with Gasteiger partial charge in [0.2, 0.25) is 5.91 Å². The molecule has 1 aliphatic carbocycles. The van der Waals surface area contributed by atoms with Crippen LogP contribution in [-0.2, 0) is 20.7 Å². The molecular formula is C20H27NO5. The standard InChI is InChI=1S/C20H27NO5/c22-19(21-10-11-25-18(14-21)13-20(23)24)9-8-15-4-3-7-17(12-15)26-16-5-1-2-6-16/h3-4,7,12,16,18H,1-2,5-6,8-11,13-14H2,(H,23,24)/t18-/m1/s1. The maximum absolute atomic E-state index is 12.5. The predicted molar refractivity (Wildman–Crippen MR) is 96.2 cm³/mol. The first-order valence-corrected chi connectivity index (χ1v) is 9.47. The zero-order chi connectivity index (χ0) is 18.4. The fraction of sp³-hybridized carbons (Fsp3) is 0.600. The van der Waals surface area contributed by atoms with E-state index in [1.807, 2.05) is 24.3 Å². The maximum Gasteiger partial charge on any atom is 0.306 e. The highest BCUT2D eigenvalue weighted by atomic mass is 16.5. The van der Waals surface area contributed by atoms with Gasteiger partial charge in [-0.2, -0.15) is 0 Å². The van der Waals surface area contributed by atoms with Crippen LogP contribution in [0, 0.1) is 0 Å². The number of carboxylic acid groups (broad SMARTS) is 1. The van der Waals surface area contributed by atoms with E-state index < -0.39 is 12.1 Å². The van der Waals surface area contributed by atoms with E-state index in [4.69, 9.17) is 14.6 Å². The first kappa shape index (κ1) is 18.7. The summed E-state index contributed by atoms with van der Waals surface area (Å²) in [5, 5.41) is 8.88. The second-order valence-corrected chi connectivity index (χ2v) is 7.10. The average molecular weight is 361 g/mol. The van der Waals surface area contributed by atoms with Gasteiger partial charge in [-0.25, -0.2) is 0 Å². The number of aryl methyl sites for hydroxylation is 1. The van der Waals surface area contributed by atoms with Gasteiger partial charge in [-0.3, -0.25) is 9.59 Å². The molecule has 26 heavy (non-hydrogen) atoms. The molecule has 1 saturated heterocycles. The molecule has 6 nitrogen and oxygen atoms in total. The van der Waals surface area contributed by atoms with Crippen molar-refractivity contribution >= 4 is 11.9 Å². The summed E-state index contributed by atoms with van der Waals surface area (Å²) >= 11 is 0. The Morgan fingerprint density at radius 1 is 1.27 bits per heavy atom. The summed E-state index contributed by atoms with van der Waals surface area (Å²) in [7, 11) is 0. The lowest BCUT2D eigenvalue weighted by molar-refractivity contribution is -0.147. The molecule has 0 radical (unpaired) electrons. The number of carboxylic acids is 1. The molecule has 1 saturated carbocycles. The van der Waals surface area contributed by atoms with E-state index in [1.165, 1.54) is 12.8 Å². The molecule has 0 aromatic heterocycles. The van der Waals surface area contributed by atoms with E-state index in [1.54, 1.807) is 4.90 Å². The molecule has 1 aromatic carbocycles. The van der Waals surface area contributed by atoms with E-state index >= 15 is 0 Å². The average Bonchev–Trinajstić information content (AvgIpc) is 3.12. The Morgan fingerprint density at radius 3 is 2.85 bits per heavy atom. The summed E-state index contributed by atoms with van der Waals surface area (Å²) in [5.41, 5.74) is 1.09. The van der Waals surface area contributed by atoms with Gasteiger partial charge in [0.05, 0.1) is 25.2 Å². The van der Waals surface area contributed by atoms with Gasteiger partial charge in [0.1, 0.15) is 5.75 Å². The fourth-order valence-electron chi connectivity index (χ4n) is 3.65. The second-order valence-electron chi connectivity index (χ2n) is 7.10. The summed E-state index contributed by atoms with van der Waals surface area (Å²) in [6.07, 6.45) is 5.63. The van der Waals surface area contributed by atoms with Crippen LogP contribution in [0.1, 0.15) is 44.1 Å². The fourth-order valence-corrected chi connectivity index (χ4v) is 3.65. The van der Waals surface area contributed by atoms with E-state index in [-0.39, 0.29) is 12.3 Å². The van der Waals surface area contributed by atoms with E-state index in [2.05, 4.69) is 0 Å². The number of benzene rings is 1. The van der Waals surface area contributed by atoms with Gasteiger partial charge in [-0.15, -0.1) is 0 Å². The van der Waals surface area contributed by atoms with Gasteiger partial charge in [-0.05, 0) is 49.8 Å². The Labute approximate surface area is 154 Å². The molecule has 1 aromatic rings. The molecule has 1 N–H and O–H groups in total. The lowest BCUT2D eigenvalue weighted by Gasteiger charge is -2.32. The van der Waals surface area contributed by atoms with Crippen molar-refractivity contribution < 1.29 is 24.2 Å².